The van der Waals surface area contributed by atoms with E-state index in [1.54, 1.807) is 24.3 Å². The Morgan fingerprint density at radius 2 is 1.56 bits per heavy atom. The average Bonchev–Trinajstić information content (AvgIpc) is 3.44. The Hall–Kier alpha value is -3.46. The zero-order chi connectivity index (χ0) is 30.3. The Bertz CT molecular complexity index is 1270. The highest BCUT2D eigenvalue weighted by atomic mass is 19.1. The van der Waals surface area contributed by atoms with Crippen molar-refractivity contribution in [3.63, 3.8) is 0 Å². The van der Waals surface area contributed by atoms with Crippen LogP contribution in [0, 0.1) is 5.82 Å². The maximum Gasteiger partial charge on any atom is 0.412 e. The second-order valence-corrected chi connectivity index (χ2v) is 11.5. The number of nitrogens with one attached hydrogen (secondary N) is 1. The van der Waals surface area contributed by atoms with E-state index in [9.17, 15) is 14.0 Å². The van der Waals surface area contributed by atoms with Crippen molar-refractivity contribution in [2.24, 2.45) is 0 Å². The molecule has 4 rings (SSSR count). The van der Waals surface area contributed by atoms with E-state index < -0.39 is 6.09 Å². The van der Waals surface area contributed by atoms with Gasteiger partial charge in [-0.25, -0.2) is 9.18 Å². The highest BCUT2D eigenvalue weighted by Crippen LogP contribution is 2.30. The van der Waals surface area contributed by atoms with E-state index in [-0.39, 0.29) is 11.6 Å². The first kappa shape index (κ1) is 32.5. The second kappa shape index (κ2) is 17.6. The normalized spacial score (nSPS) is 13.9. The standard InChI is InChI=1S/C34H47FN4O4/c1-2-3-4-5-6-7-8-9-10-11-20-36-34(41)42-29-18-19-30-32(26-29)43-37-33(30)39-24-22-38(23-25-39)21-12-13-31(40)27-14-16-28(35)17-15-27/h14-19,26H,2-13,20-25H2,1H3,(H,36,41). The van der Waals surface area contributed by atoms with Crippen LogP contribution in [0.5, 0.6) is 5.75 Å². The molecule has 1 N–H and O–H groups in total. The highest BCUT2D eigenvalue weighted by molar-refractivity contribution is 5.96. The first-order valence-corrected chi connectivity index (χ1v) is 16.1. The topological polar surface area (TPSA) is 87.9 Å². The minimum absolute atomic E-state index is 0.0441. The highest BCUT2D eigenvalue weighted by Gasteiger charge is 2.22. The summed E-state index contributed by atoms with van der Waals surface area (Å²) in [6.45, 7) is 7.01. The van der Waals surface area contributed by atoms with Crippen LogP contribution in [-0.4, -0.2) is 61.2 Å². The van der Waals surface area contributed by atoms with E-state index in [0.29, 0.717) is 29.9 Å². The lowest BCUT2D eigenvalue weighted by atomic mass is 10.1. The molecule has 3 aromatic rings. The van der Waals surface area contributed by atoms with Gasteiger partial charge in [-0.15, -0.1) is 0 Å². The van der Waals surface area contributed by atoms with Gasteiger partial charge in [-0.3, -0.25) is 9.69 Å². The number of piperazine rings is 1. The Morgan fingerprint density at radius 3 is 2.26 bits per heavy atom. The molecular formula is C34H47FN4O4. The maximum atomic E-state index is 13.1. The molecule has 43 heavy (non-hydrogen) atoms. The van der Waals surface area contributed by atoms with Gasteiger partial charge in [0.15, 0.2) is 17.2 Å². The number of hydrogen-bond donors (Lipinski definition) is 1. The van der Waals surface area contributed by atoms with Crippen molar-refractivity contribution < 1.29 is 23.2 Å². The SMILES string of the molecule is CCCCCCCCCCCCNC(=O)Oc1ccc2c(N3CCN(CCCC(=O)c4ccc(F)cc4)CC3)noc2c1. The zero-order valence-corrected chi connectivity index (χ0v) is 25.6. The van der Waals surface area contributed by atoms with Crippen molar-refractivity contribution in [1.29, 1.82) is 0 Å². The summed E-state index contributed by atoms with van der Waals surface area (Å²) >= 11 is 0. The summed E-state index contributed by atoms with van der Waals surface area (Å²) < 4.78 is 24.1. The summed E-state index contributed by atoms with van der Waals surface area (Å²) in [5, 5.41) is 8.03. The van der Waals surface area contributed by atoms with E-state index in [1.165, 1.54) is 63.5 Å². The number of ether oxygens (including phenoxy) is 1. The van der Waals surface area contributed by atoms with Crippen molar-refractivity contribution in [2.45, 2.75) is 84.0 Å². The number of carbonyl (C=O) groups is 2. The molecule has 1 aliphatic heterocycles. The van der Waals surface area contributed by atoms with Crippen LogP contribution in [0.3, 0.4) is 0 Å². The first-order valence-electron chi connectivity index (χ1n) is 16.1. The lowest BCUT2D eigenvalue weighted by Gasteiger charge is -2.34. The van der Waals surface area contributed by atoms with Crippen molar-refractivity contribution in [2.75, 3.05) is 44.2 Å². The number of hydrogen-bond acceptors (Lipinski definition) is 7. The van der Waals surface area contributed by atoms with Crippen molar-refractivity contribution in [3.05, 3.63) is 53.8 Å². The number of amides is 1. The number of halogens is 1. The lowest BCUT2D eigenvalue weighted by molar-refractivity contribution is 0.0974. The minimum Gasteiger partial charge on any atom is -0.410 e. The third-order valence-electron chi connectivity index (χ3n) is 8.15. The van der Waals surface area contributed by atoms with Gasteiger partial charge in [0, 0.05) is 50.8 Å². The van der Waals surface area contributed by atoms with Crippen LogP contribution in [0.4, 0.5) is 15.0 Å². The molecule has 0 spiro atoms. The number of aromatic nitrogens is 1. The largest absolute Gasteiger partial charge is 0.412 e. The van der Waals surface area contributed by atoms with Gasteiger partial charge in [0.05, 0.1) is 5.39 Å². The van der Waals surface area contributed by atoms with Crippen molar-refractivity contribution >= 4 is 28.7 Å². The van der Waals surface area contributed by atoms with Crippen LogP contribution >= 0.6 is 0 Å². The molecule has 9 heteroatoms. The molecule has 0 bridgehead atoms. The van der Waals surface area contributed by atoms with E-state index in [2.05, 4.69) is 27.2 Å². The van der Waals surface area contributed by atoms with Gasteiger partial charge in [0.2, 0.25) is 0 Å². The van der Waals surface area contributed by atoms with E-state index >= 15 is 0 Å². The predicted octanol–water partition coefficient (Wildman–Crippen LogP) is 7.76. The monoisotopic (exact) mass is 594 g/mol. The zero-order valence-electron chi connectivity index (χ0n) is 25.6. The molecule has 2 aromatic carbocycles. The summed E-state index contributed by atoms with van der Waals surface area (Å²) in [5.41, 5.74) is 1.14. The van der Waals surface area contributed by atoms with Gasteiger partial charge in [0.1, 0.15) is 11.6 Å². The predicted molar refractivity (Wildman–Crippen MR) is 168 cm³/mol. The van der Waals surface area contributed by atoms with Crippen LogP contribution in [0.2, 0.25) is 0 Å². The van der Waals surface area contributed by atoms with E-state index in [0.717, 1.165) is 63.2 Å². The first-order chi connectivity index (χ1) is 21.0. The number of carbonyl (C=O) groups excluding carboxylic acids is 2. The van der Waals surface area contributed by atoms with Gasteiger partial charge >= 0.3 is 6.09 Å². The molecule has 0 radical (unpaired) electrons. The number of rotatable bonds is 18. The number of unbranched alkanes of at least 4 members (excludes halogenated alkanes) is 9. The quantitative estimate of drug-likeness (QED) is 0.119. The maximum absolute atomic E-state index is 13.1. The molecule has 1 fully saturated rings. The molecule has 0 unspecified atom stereocenters. The third-order valence-corrected chi connectivity index (χ3v) is 8.15. The Labute approximate surface area is 254 Å². The number of benzene rings is 2. The van der Waals surface area contributed by atoms with Crippen LogP contribution < -0.4 is 15.0 Å². The molecule has 2 heterocycles. The van der Waals surface area contributed by atoms with Crippen molar-refractivity contribution in [3.8, 4) is 5.75 Å². The number of fused-ring (bicyclic) bond motifs is 1. The summed E-state index contributed by atoms with van der Waals surface area (Å²) in [7, 11) is 0. The summed E-state index contributed by atoms with van der Waals surface area (Å²) in [4.78, 5) is 29.2. The van der Waals surface area contributed by atoms with Gasteiger partial charge in [0.25, 0.3) is 0 Å². The molecule has 234 valence electrons. The summed E-state index contributed by atoms with van der Waals surface area (Å²) in [6, 6.07) is 11.1. The Balaban J connectivity index is 1.11. The van der Waals surface area contributed by atoms with E-state index in [4.69, 9.17) is 9.26 Å². The lowest BCUT2D eigenvalue weighted by Crippen LogP contribution is -2.46. The fourth-order valence-corrected chi connectivity index (χ4v) is 5.57. The summed E-state index contributed by atoms with van der Waals surface area (Å²) in [5.74, 6) is 0.928. The minimum atomic E-state index is -0.453. The molecule has 0 atom stereocenters. The van der Waals surface area contributed by atoms with Crippen LogP contribution in [0.25, 0.3) is 11.0 Å². The average molecular weight is 595 g/mol. The third kappa shape index (κ3) is 10.6. The Morgan fingerprint density at radius 1 is 0.884 bits per heavy atom. The number of nitrogens with zero attached hydrogens (tertiary/aromatic N) is 3. The van der Waals surface area contributed by atoms with Gasteiger partial charge in [-0.05, 0) is 55.8 Å². The van der Waals surface area contributed by atoms with Crippen LogP contribution in [-0.2, 0) is 0 Å². The fraction of sp³-hybridized carbons (Fsp3) is 0.559. The molecule has 1 amide bonds. The number of Topliss-reactive ketones (excluding diaryl/α,β-unsaturated/α-hetero) is 1. The number of ketones is 1. The molecule has 1 aliphatic rings. The van der Waals surface area contributed by atoms with E-state index in [1.807, 2.05) is 6.07 Å². The van der Waals surface area contributed by atoms with Gasteiger partial charge in [-0.1, -0.05) is 69.9 Å². The smallest absolute Gasteiger partial charge is 0.410 e. The van der Waals surface area contributed by atoms with Crippen LogP contribution in [0.1, 0.15) is 94.3 Å². The molecular weight excluding hydrogens is 547 g/mol. The van der Waals surface area contributed by atoms with Crippen LogP contribution in [0.15, 0.2) is 47.0 Å². The van der Waals surface area contributed by atoms with Crippen molar-refractivity contribution in [1.82, 2.24) is 15.4 Å². The molecule has 0 aliphatic carbocycles. The van der Waals surface area contributed by atoms with Gasteiger partial charge in [-0.2, -0.15) is 0 Å². The molecule has 1 aromatic heterocycles. The molecule has 1 saturated heterocycles. The second-order valence-electron chi connectivity index (χ2n) is 11.5. The molecule has 0 saturated carbocycles. The molecule has 8 nitrogen and oxygen atoms in total. The fourth-order valence-electron chi connectivity index (χ4n) is 5.57. The summed E-state index contributed by atoms with van der Waals surface area (Å²) in [6.07, 6.45) is 13.3. The van der Waals surface area contributed by atoms with Gasteiger partial charge < -0.3 is 19.5 Å². The Kier molecular flexibility index (Phi) is 13.3. The number of anilines is 1.